The molecule has 1 heterocycles. The predicted molar refractivity (Wildman–Crippen MR) is 85.3 cm³/mol. The summed E-state index contributed by atoms with van der Waals surface area (Å²) in [5, 5.41) is 11.1. The molecule has 2 aromatic carbocycles. The van der Waals surface area contributed by atoms with Gasteiger partial charge in [-0.05, 0) is 37.1 Å². The second-order valence-corrected chi connectivity index (χ2v) is 5.38. The average Bonchev–Trinajstić information content (AvgIpc) is 2.91. The van der Waals surface area contributed by atoms with Crippen molar-refractivity contribution in [1.29, 1.82) is 0 Å². The van der Waals surface area contributed by atoms with Crippen molar-refractivity contribution in [3.8, 4) is 0 Å². The number of hydrogen-bond acceptors (Lipinski definition) is 3. The lowest BCUT2D eigenvalue weighted by molar-refractivity contribution is -0.122. The van der Waals surface area contributed by atoms with Crippen LogP contribution in [0.1, 0.15) is 24.1 Å². The topological polar surface area (TPSA) is 59.8 Å². The number of nitrogens with zero attached hydrogens (tertiary/aromatic N) is 3. The van der Waals surface area contributed by atoms with Crippen molar-refractivity contribution in [3.05, 3.63) is 59.7 Å². The van der Waals surface area contributed by atoms with Crippen LogP contribution in [-0.2, 0) is 11.3 Å². The predicted octanol–water partition coefficient (Wildman–Crippen LogP) is 2.62. The van der Waals surface area contributed by atoms with Crippen LogP contribution < -0.4 is 5.32 Å². The van der Waals surface area contributed by atoms with E-state index in [1.54, 1.807) is 4.68 Å². The molecular weight excluding hydrogens is 276 g/mol. The number of hydrogen-bond donors (Lipinski definition) is 1. The Bertz CT molecular complexity index is 809. The molecule has 5 nitrogen and oxygen atoms in total. The monoisotopic (exact) mass is 294 g/mol. The highest BCUT2D eigenvalue weighted by Gasteiger charge is 2.13. The summed E-state index contributed by atoms with van der Waals surface area (Å²) < 4.78 is 1.62. The zero-order chi connectivity index (χ0) is 15.5. The third-order valence-electron chi connectivity index (χ3n) is 3.75. The van der Waals surface area contributed by atoms with Gasteiger partial charge in [-0.3, -0.25) is 4.79 Å². The molecule has 3 rings (SSSR count). The molecule has 0 aliphatic rings. The fourth-order valence-corrected chi connectivity index (χ4v) is 2.61. The summed E-state index contributed by atoms with van der Waals surface area (Å²) in [4.78, 5) is 12.2. The molecular formula is C17H18N4O. The quantitative estimate of drug-likeness (QED) is 0.804. The van der Waals surface area contributed by atoms with E-state index in [0.29, 0.717) is 0 Å². The Labute approximate surface area is 129 Å². The van der Waals surface area contributed by atoms with E-state index < -0.39 is 0 Å². The third kappa shape index (κ3) is 2.83. The van der Waals surface area contributed by atoms with Crippen LogP contribution >= 0.6 is 0 Å². The van der Waals surface area contributed by atoms with E-state index in [0.717, 1.165) is 16.6 Å². The van der Waals surface area contributed by atoms with Crippen molar-refractivity contribution in [2.24, 2.45) is 0 Å². The van der Waals surface area contributed by atoms with Gasteiger partial charge in [-0.2, -0.15) is 0 Å². The van der Waals surface area contributed by atoms with Gasteiger partial charge < -0.3 is 5.32 Å². The molecule has 0 aliphatic carbocycles. The minimum absolute atomic E-state index is 0.0384. The second kappa shape index (κ2) is 5.97. The fourth-order valence-electron chi connectivity index (χ4n) is 2.61. The number of carbonyl (C=O) groups excluding carboxylic acids is 1. The molecule has 0 bridgehead atoms. The van der Waals surface area contributed by atoms with Crippen LogP contribution in [0.4, 0.5) is 0 Å². The Morgan fingerprint density at radius 1 is 1.18 bits per heavy atom. The number of aromatic nitrogens is 3. The van der Waals surface area contributed by atoms with Gasteiger partial charge in [0.15, 0.2) is 0 Å². The molecule has 3 aromatic rings. The van der Waals surface area contributed by atoms with Crippen LogP contribution in [0.15, 0.2) is 48.5 Å². The van der Waals surface area contributed by atoms with E-state index in [9.17, 15) is 4.79 Å². The summed E-state index contributed by atoms with van der Waals surface area (Å²) in [6.07, 6.45) is 0. The SMILES string of the molecule is Cc1ccccc1[C@H](C)NC(=O)Cn1nnc2ccccc21. The Morgan fingerprint density at radius 2 is 1.91 bits per heavy atom. The first-order valence-electron chi connectivity index (χ1n) is 7.28. The standard InChI is InChI=1S/C17H18N4O/c1-12-7-3-4-8-14(12)13(2)18-17(22)11-21-16-10-6-5-9-15(16)19-20-21/h3-10,13H,11H2,1-2H3,(H,18,22)/t13-/m0/s1. The second-order valence-electron chi connectivity index (χ2n) is 5.38. The molecule has 1 N–H and O–H groups in total. The van der Waals surface area contributed by atoms with E-state index in [-0.39, 0.29) is 18.5 Å². The van der Waals surface area contributed by atoms with E-state index in [1.165, 1.54) is 5.56 Å². The number of amides is 1. The zero-order valence-electron chi connectivity index (χ0n) is 12.7. The van der Waals surface area contributed by atoms with Gasteiger partial charge in [-0.25, -0.2) is 4.68 Å². The lowest BCUT2D eigenvalue weighted by Crippen LogP contribution is -2.30. The molecule has 0 saturated carbocycles. The van der Waals surface area contributed by atoms with Gasteiger partial charge in [0.05, 0.1) is 11.6 Å². The summed E-state index contributed by atoms with van der Waals surface area (Å²) in [6.45, 7) is 4.19. The molecule has 0 radical (unpaired) electrons. The van der Waals surface area contributed by atoms with Gasteiger partial charge in [0.1, 0.15) is 12.1 Å². The summed E-state index contributed by atoms with van der Waals surface area (Å²) in [5.41, 5.74) is 3.95. The van der Waals surface area contributed by atoms with Crippen LogP contribution in [0.3, 0.4) is 0 Å². The van der Waals surface area contributed by atoms with E-state index in [1.807, 2.05) is 62.4 Å². The smallest absolute Gasteiger partial charge is 0.242 e. The molecule has 5 heteroatoms. The fraction of sp³-hybridized carbons (Fsp3) is 0.235. The van der Waals surface area contributed by atoms with Crippen LogP contribution in [-0.4, -0.2) is 20.9 Å². The molecule has 112 valence electrons. The summed E-state index contributed by atoms with van der Waals surface area (Å²) >= 11 is 0. The molecule has 0 saturated heterocycles. The van der Waals surface area contributed by atoms with E-state index >= 15 is 0 Å². The lowest BCUT2D eigenvalue weighted by atomic mass is 10.0. The number of nitrogens with one attached hydrogen (secondary N) is 1. The highest BCUT2D eigenvalue weighted by Crippen LogP contribution is 2.16. The van der Waals surface area contributed by atoms with Crippen molar-refractivity contribution in [2.75, 3.05) is 0 Å². The summed E-state index contributed by atoms with van der Waals surface area (Å²) in [7, 11) is 0. The van der Waals surface area contributed by atoms with Gasteiger partial charge in [0.2, 0.25) is 5.91 Å². The molecule has 1 aromatic heterocycles. The Balaban J connectivity index is 1.71. The maximum Gasteiger partial charge on any atom is 0.242 e. The maximum absolute atomic E-state index is 12.2. The minimum Gasteiger partial charge on any atom is -0.348 e. The molecule has 0 fully saturated rings. The molecule has 0 spiro atoms. The normalized spacial score (nSPS) is 12.3. The molecule has 1 atom stereocenters. The number of rotatable bonds is 4. The van der Waals surface area contributed by atoms with Gasteiger partial charge in [-0.15, -0.1) is 5.10 Å². The van der Waals surface area contributed by atoms with Crippen LogP contribution in [0.2, 0.25) is 0 Å². The number of fused-ring (bicyclic) bond motifs is 1. The van der Waals surface area contributed by atoms with E-state index in [4.69, 9.17) is 0 Å². The first kappa shape index (κ1) is 14.3. The Morgan fingerprint density at radius 3 is 2.73 bits per heavy atom. The first-order valence-corrected chi connectivity index (χ1v) is 7.28. The highest BCUT2D eigenvalue weighted by molar-refractivity contribution is 5.80. The highest BCUT2D eigenvalue weighted by atomic mass is 16.2. The first-order chi connectivity index (χ1) is 10.6. The Kier molecular flexibility index (Phi) is 3.87. The van der Waals surface area contributed by atoms with Crippen LogP contribution in [0.5, 0.6) is 0 Å². The molecule has 1 amide bonds. The van der Waals surface area contributed by atoms with Crippen molar-refractivity contribution in [1.82, 2.24) is 20.3 Å². The molecule has 0 aliphatic heterocycles. The number of carbonyl (C=O) groups is 1. The maximum atomic E-state index is 12.2. The van der Waals surface area contributed by atoms with Gasteiger partial charge in [0.25, 0.3) is 0 Å². The lowest BCUT2D eigenvalue weighted by Gasteiger charge is -2.16. The summed E-state index contributed by atoms with van der Waals surface area (Å²) in [5.74, 6) is -0.0774. The molecule has 0 unspecified atom stereocenters. The van der Waals surface area contributed by atoms with Crippen molar-refractivity contribution in [3.63, 3.8) is 0 Å². The van der Waals surface area contributed by atoms with Gasteiger partial charge >= 0.3 is 0 Å². The van der Waals surface area contributed by atoms with Crippen molar-refractivity contribution < 1.29 is 4.79 Å². The van der Waals surface area contributed by atoms with Crippen LogP contribution in [0.25, 0.3) is 11.0 Å². The zero-order valence-corrected chi connectivity index (χ0v) is 12.7. The number of para-hydroxylation sites is 1. The van der Waals surface area contributed by atoms with Crippen molar-refractivity contribution >= 4 is 16.9 Å². The average molecular weight is 294 g/mol. The van der Waals surface area contributed by atoms with Crippen LogP contribution in [0, 0.1) is 6.92 Å². The Hall–Kier alpha value is -2.69. The van der Waals surface area contributed by atoms with E-state index in [2.05, 4.69) is 15.6 Å². The third-order valence-corrected chi connectivity index (χ3v) is 3.75. The van der Waals surface area contributed by atoms with Gasteiger partial charge in [-0.1, -0.05) is 41.6 Å². The molecule has 22 heavy (non-hydrogen) atoms. The largest absolute Gasteiger partial charge is 0.348 e. The summed E-state index contributed by atoms with van der Waals surface area (Å²) in [6, 6.07) is 15.6. The minimum atomic E-state index is -0.0774. The number of benzene rings is 2. The van der Waals surface area contributed by atoms with Crippen molar-refractivity contribution in [2.45, 2.75) is 26.4 Å². The van der Waals surface area contributed by atoms with Gasteiger partial charge in [0, 0.05) is 0 Å². The number of aryl methyl sites for hydroxylation is 1.